The predicted molar refractivity (Wildman–Crippen MR) is 31.9 cm³/mol. The first kappa shape index (κ1) is 4.09. The minimum Gasteiger partial charge on any atom is -0.297 e. The monoisotopic (exact) mass is 123 g/mol. The second kappa shape index (κ2) is 1.32. The van der Waals surface area contributed by atoms with Crippen LogP contribution in [0.15, 0.2) is 18.6 Å². The molecule has 2 nitrogen and oxygen atoms in total. The maximum atomic E-state index is 4.03. The van der Waals surface area contributed by atoms with Gasteiger partial charge in [-0.1, -0.05) is 11.3 Å². The van der Waals surface area contributed by atoms with Crippen LogP contribution in [0, 0.1) is 5.38 Å². The fourth-order valence-electron chi connectivity index (χ4n) is 0.612. The lowest BCUT2D eigenvalue weighted by molar-refractivity contribution is 1.23. The van der Waals surface area contributed by atoms with Crippen LogP contribution in [0.2, 0.25) is 0 Å². The molecule has 0 amide bonds. The first-order valence-corrected chi connectivity index (χ1v) is 3.07. The number of fused-ring (bicyclic) bond motifs is 1. The molecule has 0 aromatic carbocycles. The summed E-state index contributed by atoms with van der Waals surface area (Å²) in [4.78, 5) is 5.03. The Morgan fingerprint density at radius 2 is 2.75 bits per heavy atom. The molecule has 0 spiro atoms. The van der Waals surface area contributed by atoms with Gasteiger partial charge in [-0.2, -0.15) is 0 Å². The summed E-state index contributed by atoms with van der Waals surface area (Å²) in [5, 5.41) is 2.96. The van der Waals surface area contributed by atoms with E-state index in [0.29, 0.717) is 0 Å². The standard InChI is InChI=1S/C5H3N2S/c1-2-7-3-4-8-5(7)6-1/h1-3H. The zero-order chi connectivity index (χ0) is 5.40. The maximum Gasteiger partial charge on any atom is 0.194 e. The van der Waals surface area contributed by atoms with E-state index in [2.05, 4.69) is 10.4 Å². The van der Waals surface area contributed by atoms with Crippen LogP contribution < -0.4 is 0 Å². The quantitative estimate of drug-likeness (QED) is 0.514. The van der Waals surface area contributed by atoms with Crippen LogP contribution in [0.5, 0.6) is 0 Å². The summed E-state index contributed by atoms with van der Waals surface area (Å²) in [6, 6.07) is 0. The van der Waals surface area contributed by atoms with Crippen molar-refractivity contribution in [3.8, 4) is 0 Å². The first-order valence-electron chi connectivity index (χ1n) is 2.25. The smallest absolute Gasteiger partial charge is 0.194 e. The predicted octanol–water partition coefficient (Wildman–Crippen LogP) is 1.20. The molecule has 3 heteroatoms. The SMILES string of the molecule is [c]1cn2ccnc2s1. The molecule has 0 atom stereocenters. The van der Waals surface area contributed by atoms with E-state index in [1.807, 2.05) is 16.8 Å². The minimum absolute atomic E-state index is 1.00. The van der Waals surface area contributed by atoms with Gasteiger partial charge in [0.1, 0.15) is 0 Å². The molecule has 1 radical (unpaired) electrons. The van der Waals surface area contributed by atoms with E-state index in [9.17, 15) is 0 Å². The highest BCUT2D eigenvalue weighted by molar-refractivity contribution is 7.14. The van der Waals surface area contributed by atoms with Gasteiger partial charge in [-0.25, -0.2) is 4.98 Å². The van der Waals surface area contributed by atoms with Crippen molar-refractivity contribution in [1.82, 2.24) is 9.38 Å². The van der Waals surface area contributed by atoms with Crippen molar-refractivity contribution >= 4 is 16.3 Å². The van der Waals surface area contributed by atoms with E-state index in [0.717, 1.165) is 4.96 Å². The van der Waals surface area contributed by atoms with Crippen LogP contribution in [0.1, 0.15) is 0 Å². The fraction of sp³-hybridized carbons (Fsp3) is 0. The molecule has 0 unspecified atom stereocenters. The Morgan fingerprint density at radius 3 is 3.62 bits per heavy atom. The van der Waals surface area contributed by atoms with Crippen LogP contribution in [0.3, 0.4) is 0 Å². The van der Waals surface area contributed by atoms with Gasteiger partial charge in [0.15, 0.2) is 4.96 Å². The summed E-state index contributed by atoms with van der Waals surface area (Å²) in [5.74, 6) is 0. The molecule has 2 heterocycles. The highest BCUT2D eigenvalue weighted by atomic mass is 32.1. The van der Waals surface area contributed by atoms with E-state index in [4.69, 9.17) is 0 Å². The first-order chi connectivity index (χ1) is 3.97. The minimum atomic E-state index is 1.00. The Morgan fingerprint density at radius 1 is 1.75 bits per heavy atom. The molecule has 2 aromatic heterocycles. The number of hydrogen-bond acceptors (Lipinski definition) is 2. The summed E-state index contributed by atoms with van der Waals surface area (Å²) in [5.41, 5.74) is 0. The molecule has 2 aromatic rings. The van der Waals surface area contributed by atoms with Gasteiger partial charge in [0.05, 0.1) is 5.38 Å². The third-order valence-electron chi connectivity index (χ3n) is 0.975. The Hall–Kier alpha value is -0.830. The number of rotatable bonds is 0. The lowest BCUT2D eigenvalue weighted by Gasteiger charge is -1.71. The van der Waals surface area contributed by atoms with Crippen LogP contribution in [-0.4, -0.2) is 9.38 Å². The van der Waals surface area contributed by atoms with Crippen LogP contribution in [-0.2, 0) is 0 Å². The molecule has 2 rings (SSSR count). The van der Waals surface area contributed by atoms with Gasteiger partial charge in [-0.05, 0) is 0 Å². The summed E-state index contributed by atoms with van der Waals surface area (Å²) >= 11 is 1.52. The maximum absolute atomic E-state index is 4.03. The van der Waals surface area contributed by atoms with Crippen LogP contribution >= 0.6 is 11.3 Å². The number of imidazole rings is 1. The van der Waals surface area contributed by atoms with Gasteiger partial charge in [0.2, 0.25) is 0 Å². The topological polar surface area (TPSA) is 17.3 Å². The number of hydrogen-bond donors (Lipinski definition) is 0. The highest BCUT2D eigenvalue weighted by Gasteiger charge is 1.89. The third-order valence-corrected chi connectivity index (χ3v) is 1.70. The second-order valence-corrected chi connectivity index (χ2v) is 2.27. The molecule has 0 aliphatic carbocycles. The normalized spacial score (nSPS) is 10.5. The van der Waals surface area contributed by atoms with E-state index in [-0.39, 0.29) is 0 Å². The Balaban J connectivity index is 3.06. The second-order valence-electron chi connectivity index (χ2n) is 1.47. The number of nitrogens with zero attached hydrogens (tertiary/aromatic N) is 2. The summed E-state index contributed by atoms with van der Waals surface area (Å²) < 4.78 is 1.94. The van der Waals surface area contributed by atoms with Crippen molar-refractivity contribution in [2.24, 2.45) is 0 Å². The Labute approximate surface area is 50.4 Å². The van der Waals surface area contributed by atoms with Gasteiger partial charge in [-0.3, -0.25) is 4.40 Å². The van der Waals surface area contributed by atoms with E-state index >= 15 is 0 Å². The van der Waals surface area contributed by atoms with Crippen molar-refractivity contribution in [1.29, 1.82) is 0 Å². The van der Waals surface area contributed by atoms with Crippen molar-refractivity contribution < 1.29 is 0 Å². The number of thiazole rings is 1. The Bertz CT molecular complexity index is 232. The largest absolute Gasteiger partial charge is 0.297 e. The van der Waals surface area contributed by atoms with Gasteiger partial charge in [0, 0.05) is 18.6 Å². The Kier molecular flexibility index (Phi) is 0.676. The van der Waals surface area contributed by atoms with Gasteiger partial charge >= 0.3 is 0 Å². The van der Waals surface area contributed by atoms with E-state index in [1.54, 1.807) is 6.20 Å². The van der Waals surface area contributed by atoms with Gasteiger partial charge in [-0.15, -0.1) is 0 Å². The molecule has 0 aliphatic rings. The molecule has 0 bridgehead atoms. The average Bonchev–Trinajstić information content (AvgIpc) is 2.15. The molecule has 8 heavy (non-hydrogen) atoms. The molecule has 0 saturated heterocycles. The van der Waals surface area contributed by atoms with Crippen molar-refractivity contribution in [2.45, 2.75) is 0 Å². The van der Waals surface area contributed by atoms with Crippen LogP contribution in [0.4, 0.5) is 0 Å². The average molecular weight is 123 g/mol. The van der Waals surface area contributed by atoms with Crippen molar-refractivity contribution in [3.63, 3.8) is 0 Å². The highest BCUT2D eigenvalue weighted by Crippen LogP contribution is 2.05. The van der Waals surface area contributed by atoms with E-state index < -0.39 is 0 Å². The molecular weight excluding hydrogens is 120 g/mol. The molecule has 39 valence electrons. The lowest BCUT2D eigenvalue weighted by Crippen LogP contribution is -1.66. The summed E-state index contributed by atoms with van der Waals surface area (Å²) in [6.45, 7) is 0. The molecule has 0 N–H and O–H groups in total. The van der Waals surface area contributed by atoms with Gasteiger partial charge < -0.3 is 0 Å². The van der Waals surface area contributed by atoms with Crippen molar-refractivity contribution in [2.75, 3.05) is 0 Å². The third kappa shape index (κ3) is 0.391. The number of aromatic nitrogens is 2. The van der Waals surface area contributed by atoms with Gasteiger partial charge in [0.25, 0.3) is 0 Å². The van der Waals surface area contributed by atoms with Crippen molar-refractivity contribution in [3.05, 3.63) is 24.0 Å². The molecule has 0 saturated carbocycles. The van der Waals surface area contributed by atoms with E-state index in [1.165, 1.54) is 11.3 Å². The zero-order valence-electron chi connectivity index (χ0n) is 4.03. The molecular formula is C5H3N2S. The zero-order valence-corrected chi connectivity index (χ0v) is 4.85. The van der Waals surface area contributed by atoms with Crippen LogP contribution in [0.25, 0.3) is 4.96 Å². The summed E-state index contributed by atoms with van der Waals surface area (Å²) in [6.07, 6.45) is 5.55. The molecule has 0 fully saturated rings. The fourth-order valence-corrected chi connectivity index (χ4v) is 1.22. The molecule has 0 aliphatic heterocycles. The lowest BCUT2D eigenvalue weighted by atomic mass is 10.9. The summed E-state index contributed by atoms with van der Waals surface area (Å²) in [7, 11) is 0.